The molecule has 0 unspecified atom stereocenters. The van der Waals surface area contributed by atoms with Gasteiger partial charge in [-0.25, -0.2) is 0 Å². The van der Waals surface area contributed by atoms with E-state index in [1.807, 2.05) is 31.2 Å². The largest absolute Gasteiger partial charge is 0.490 e. The van der Waals surface area contributed by atoms with Crippen LogP contribution in [0.3, 0.4) is 0 Å². The van der Waals surface area contributed by atoms with E-state index >= 15 is 0 Å². The summed E-state index contributed by atoms with van der Waals surface area (Å²) in [6.07, 6.45) is 1.27. The number of hydrogen-bond donors (Lipinski definition) is 1. The lowest BCUT2D eigenvalue weighted by Crippen LogP contribution is -2.10. The number of ether oxygens (including phenoxy) is 2. The van der Waals surface area contributed by atoms with Gasteiger partial charge < -0.3 is 14.7 Å². The van der Waals surface area contributed by atoms with Crippen molar-refractivity contribution in [1.82, 2.24) is 0 Å². The molecule has 0 heterocycles. The predicted molar refractivity (Wildman–Crippen MR) is 90.7 cm³/mol. The van der Waals surface area contributed by atoms with E-state index in [9.17, 15) is 0 Å². The molecular formula is C16H15BrClNO3. The lowest BCUT2D eigenvalue weighted by molar-refractivity contribution is 0.216. The van der Waals surface area contributed by atoms with Crippen LogP contribution in [0, 0.1) is 6.92 Å². The van der Waals surface area contributed by atoms with Crippen LogP contribution < -0.4 is 9.47 Å². The summed E-state index contributed by atoms with van der Waals surface area (Å²) in [7, 11) is 0. The third-order valence-electron chi connectivity index (χ3n) is 2.85. The first-order valence-electron chi connectivity index (χ1n) is 6.59. The minimum atomic E-state index is 0.348. The van der Waals surface area contributed by atoms with Crippen LogP contribution in [0.2, 0.25) is 5.02 Å². The summed E-state index contributed by atoms with van der Waals surface area (Å²) in [5.41, 5.74) is 1.76. The fourth-order valence-electron chi connectivity index (χ4n) is 1.83. The summed E-state index contributed by atoms with van der Waals surface area (Å²) in [6, 6.07) is 11.2. The molecule has 0 aromatic heterocycles. The Balaban J connectivity index is 1.95. The molecule has 0 radical (unpaired) electrons. The van der Waals surface area contributed by atoms with E-state index in [-0.39, 0.29) is 0 Å². The second kappa shape index (κ2) is 8.06. The van der Waals surface area contributed by atoms with Crippen molar-refractivity contribution in [2.75, 3.05) is 13.2 Å². The minimum absolute atomic E-state index is 0.348. The van der Waals surface area contributed by atoms with Gasteiger partial charge in [0.2, 0.25) is 0 Å². The molecule has 0 saturated heterocycles. The molecule has 2 rings (SSSR count). The molecule has 2 aromatic carbocycles. The highest BCUT2D eigenvalue weighted by atomic mass is 79.9. The zero-order chi connectivity index (χ0) is 15.9. The van der Waals surface area contributed by atoms with Gasteiger partial charge in [0.25, 0.3) is 0 Å². The average molecular weight is 385 g/mol. The van der Waals surface area contributed by atoms with Crippen molar-refractivity contribution in [1.29, 1.82) is 0 Å². The highest BCUT2D eigenvalue weighted by Crippen LogP contribution is 2.31. The first-order valence-corrected chi connectivity index (χ1v) is 7.76. The maximum atomic E-state index is 8.70. The van der Waals surface area contributed by atoms with E-state index in [0.717, 1.165) is 5.75 Å². The number of aryl methyl sites for hydroxylation is 1. The maximum absolute atomic E-state index is 8.70. The Bertz CT molecular complexity index is 659. The number of benzene rings is 2. The highest BCUT2D eigenvalue weighted by Gasteiger charge is 2.09. The van der Waals surface area contributed by atoms with E-state index in [4.69, 9.17) is 26.3 Å². The summed E-state index contributed by atoms with van der Waals surface area (Å²) in [5.74, 6) is 1.34. The third-order valence-corrected chi connectivity index (χ3v) is 3.66. The number of nitrogens with zero attached hydrogens (tertiary/aromatic N) is 1. The normalized spacial score (nSPS) is 10.9. The summed E-state index contributed by atoms with van der Waals surface area (Å²) < 4.78 is 12.0. The molecule has 116 valence electrons. The Hall–Kier alpha value is -1.72. The van der Waals surface area contributed by atoms with E-state index in [0.29, 0.717) is 34.0 Å². The maximum Gasteiger partial charge on any atom is 0.142 e. The molecule has 22 heavy (non-hydrogen) atoms. The van der Waals surface area contributed by atoms with Gasteiger partial charge in [0.15, 0.2) is 0 Å². The molecule has 0 atom stereocenters. The zero-order valence-corrected chi connectivity index (χ0v) is 14.3. The zero-order valence-electron chi connectivity index (χ0n) is 11.9. The molecule has 0 saturated carbocycles. The SMILES string of the molecule is Cc1ccc(OCCOc2c(Br)cc(Cl)cc2C=NO)cc1. The number of hydrogen-bond acceptors (Lipinski definition) is 4. The van der Waals surface area contributed by atoms with Crippen LogP contribution >= 0.6 is 27.5 Å². The summed E-state index contributed by atoms with van der Waals surface area (Å²) in [6.45, 7) is 2.77. The first-order chi connectivity index (χ1) is 10.6. The van der Waals surface area contributed by atoms with Gasteiger partial charge >= 0.3 is 0 Å². The van der Waals surface area contributed by atoms with Gasteiger partial charge in [-0.2, -0.15) is 0 Å². The Morgan fingerprint density at radius 3 is 2.55 bits per heavy atom. The topological polar surface area (TPSA) is 51.0 Å². The second-order valence-corrected chi connectivity index (χ2v) is 5.85. The molecule has 0 amide bonds. The van der Waals surface area contributed by atoms with Crippen LogP contribution in [-0.4, -0.2) is 24.6 Å². The van der Waals surface area contributed by atoms with Crippen molar-refractivity contribution < 1.29 is 14.7 Å². The fourth-order valence-corrected chi connectivity index (χ4v) is 2.78. The Kier molecular flexibility index (Phi) is 6.10. The minimum Gasteiger partial charge on any atom is -0.490 e. The van der Waals surface area contributed by atoms with Crippen molar-refractivity contribution in [3.05, 3.63) is 57.0 Å². The smallest absolute Gasteiger partial charge is 0.142 e. The molecular weight excluding hydrogens is 370 g/mol. The molecule has 6 heteroatoms. The van der Waals surface area contributed by atoms with Gasteiger partial charge in [0.1, 0.15) is 24.7 Å². The molecule has 2 aromatic rings. The van der Waals surface area contributed by atoms with Gasteiger partial charge in [-0.1, -0.05) is 34.5 Å². The first kappa shape index (κ1) is 16.6. The van der Waals surface area contributed by atoms with Crippen molar-refractivity contribution in [3.8, 4) is 11.5 Å². The fraction of sp³-hybridized carbons (Fsp3) is 0.188. The molecule has 4 nitrogen and oxygen atoms in total. The van der Waals surface area contributed by atoms with Crippen LogP contribution in [0.15, 0.2) is 46.0 Å². The van der Waals surface area contributed by atoms with Crippen LogP contribution in [0.25, 0.3) is 0 Å². The molecule has 0 aliphatic rings. The number of halogens is 2. The lowest BCUT2D eigenvalue weighted by Gasteiger charge is -2.12. The van der Waals surface area contributed by atoms with Gasteiger partial charge in [-0.05, 0) is 47.1 Å². The molecule has 1 N–H and O–H groups in total. The highest BCUT2D eigenvalue weighted by molar-refractivity contribution is 9.10. The summed E-state index contributed by atoms with van der Waals surface area (Å²) in [4.78, 5) is 0. The van der Waals surface area contributed by atoms with E-state index in [2.05, 4.69) is 21.1 Å². The van der Waals surface area contributed by atoms with Crippen LogP contribution in [0.5, 0.6) is 11.5 Å². The van der Waals surface area contributed by atoms with Crippen molar-refractivity contribution >= 4 is 33.7 Å². The quantitative estimate of drug-likeness (QED) is 0.340. The van der Waals surface area contributed by atoms with Crippen LogP contribution in [0.1, 0.15) is 11.1 Å². The average Bonchev–Trinajstić information content (AvgIpc) is 2.47. The molecule has 0 bridgehead atoms. The molecule has 0 aliphatic carbocycles. The summed E-state index contributed by atoms with van der Waals surface area (Å²) >= 11 is 9.34. The van der Waals surface area contributed by atoms with E-state index in [1.54, 1.807) is 12.1 Å². The van der Waals surface area contributed by atoms with Crippen LogP contribution in [0.4, 0.5) is 0 Å². The standard InChI is InChI=1S/C16H15BrClNO3/c1-11-2-4-14(5-3-11)21-6-7-22-16-12(10-19-20)8-13(18)9-15(16)17/h2-5,8-10,20H,6-7H2,1H3. The van der Waals surface area contributed by atoms with Gasteiger partial charge in [-0.3, -0.25) is 0 Å². The molecule has 0 fully saturated rings. The third kappa shape index (κ3) is 4.64. The van der Waals surface area contributed by atoms with Crippen molar-refractivity contribution in [2.45, 2.75) is 6.92 Å². The Morgan fingerprint density at radius 2 is 1.86 bits per heavy atom. The van der Waals surface area contributed by atoms with Gasteiger partial charge in [-0.15, -0.1) is 0 Å². The van der Waals surface area contributed by atoms with E-state index in [1.165, 1.54) is 11.8 Å². The predicted octanol–water partition coefficient (Wildman–Crippen LogP) is 4.68. The van der Waals surface area contributed by atoms with Gasteiger partial charge in [0.05, 0.1) is 10.7 Å². The van der Waals surface area contributed by atoms with Crippen molar-refractivity contribution in [2.24, 2.45) is 5.16 Å². The summed E-state index contributed by atoms with van der Waals surface area (Å²) in [5, 5.41) is 12.2. The lowest BCUT2D eigenvalue weighted by atomic mass is 10.2. The second-order valence-electron chi connectivity index (χ2n) is 4.56. The Labute approximate surface area is 142 Å². The molecule has 0 spiro atoms. The Morgan fingerprint density at radius 1 is 1.18 bits per heavy atom. The van der Waals surface area contributed by atoms with E-state index < -0.39 is 0 Å². The number of rotatable bonds is 6. The van der Waals surface area contributed by atoms with Gasteiger partial charge in [0, 0.05) is 10.6 Å². The number of oxime groups is 1. The van der Waals surface area contributed by atoms with Crippen LogP contribution in [-0.2, 0) is 0 Å². The van der Waals surface area contributed by atoms with Crippen molar-refractivity contribution in [3.63, 3.8) is 0 Å². The monoisotopic (exact) mass is 383 g/mol. The molecule has 0 aliphatic heterocycles.